The van der Waals surface area contributed by atoms with E-state index in [1.165, 1.54) is 12.1 Å². The van der Waals surface area contributed by atoms with Crippen LogP contribution in [0, 0.1) is 5.82 Å². The van der Waals surface area contributed by atoms with Crippen LogP contribution in [0.3, 0.4) is 0 Å². The van der Waals surface area contributed by atoms with Crippen LogP contribution in [0.4, 0.5) is 10.1 Å². The zero-order valence-electron chi connectivity index (χ0n) is 11.1. The molecule has 2 aromatic carbocycles. The highest BCUT2D eigenvalue weighted by Crippen LogP contribution is 2.29. The first-order valence-electron chi connectivity index (χ1n) is 5.96. The summed E-state index contributed by atoms with van der Waals surface area (Å²) in [5.41, 5.74) is 0.429. The molecule has 0 aliphatic heterocycles. The van der Waals surface area contributed by atoms with Crippen LogP contribution in [0.15, 0.2) is 42.5 Å². The van der Waals surface area contributed by atoms with E-state index >= 15 is 0 Å². The van der Waals surface area contributed by atoms with Crippen LogP contribution >= 0.6 is 0 Å². The van der Waals surface area contributed by atoms with Crippen molar-refractivity contribution in [2.45, 2.75) is 0 Å². The molecule has 0 aliphatic rings. The van der Waals surface area contributed by atoms with E-state index in [9.17, 15) is 9.18 Å². The van der Waals surface area contributed by atoms with E-state index in [1.54, 1.807) is 18.2 Å². The fourth-order valence-corrected chi connectivity index (χ4v) is 1.75. The van der Waals surface area contributed by atoms with Crippen LogP contribution in [0.5, 0.6) is 11.5 Å². The van der Waals surface area contributed by atoms with Crippen LogP contribution in [0.2, 0.25) is 0 Å². The number of carbonyl (C=O) groups is 1. The summed E-state index contributed by atoms with van der Waals surface area (Å²) in [7, 11) is 3.76. The first kappa shape index (κ1) is 13.9. The Morgan fingerprint density at radius 3 is 2.55 bits per heavy atom. The summed E-state index contributed by atoms with van der Waals surface area (Å²) in [5.74, 6) is -1.75. The molecule has 0 unspecified atom stereocenters. The van der Waals surface area contributed by atoms with Crippen molar-refractivity contribution in [3.63, 3.8) is 0 Å². The standard InChI is InChI=1S/C15H14FNO3/c1-17(2)10-5-3-6-11(9-10)20-13-8-4-7-12(16)14(13)15(18)19/h3-9H,1-2H3,(H,18,19). The van der Waals surface area contributed by atoms with Crippen molar-refractivity contribution >= 4 is 11.7 Å². The number of carboxylic acids is 1. The van der Waals surface area contributed by atoms with Crippen molar-refractivity contribution in [2.24, 2.45) is 0 Å². The number of hydrogen-bond acceptors (Lipinski definition) is 3. The van der Waals surface area contributed by atoms with E-state index in [4.69, 9.17) is 9.84 Å². The average molecular weight is 275 g/mol. The van der Waals surface area contributed by atoms with Gasteiger partial charge in [0.1, 0.15) is 22.9 Å². The molecule has 2 aromatic rings. The third kappa shape index (κ3) is 2.88. The van der Waals surface area contributed by atoms with Gasteiger partial charge in [0.05, 0.1) is 0 Å². The Kier molecular flexibility index (Phi) is 3.89. The van der Waals surface area contributed by atoms with Crippen molar-refractivity contribution in [1.29, 1.82) is 0 Å². The van der Waals surface area contributed by atoms with E-state index < -0.39 is 17.3 Å². The maximum Gasteiger partial charge on any atom is 0.342 e. The fraction of sp³-hybridized carbons (Fsp3) is 0.133. The highest BCUT2D eigenvalue weighted by Gasteiger charge is 2.17. The molecule has 0 amide bonds. The summed E-state index contributed by atoms with van der Waals surface area (Å²) in [6, 6.07) is 11.0. The quantitative estimate of drug-likeness (QED) is 0.929. The fourth-order valence-electron chi connectivity index (χ4n) is 1.75. The predicted octanol–water partition coefficient (Wildman–Crippen LogP) is 3.38. The smallest absolute Gasteiger partial charge is 0.342 e. The zero-order valence-corrected chi connectivity index (χ0v) is 11.1. The van der Waals surface area contributed by atoms with Crippen molar-refractivity contribution in [3.8, 4) is 11.5 Å². The van der Waals surface area contributed by atoms with Crippen molar-refractivity contribution in [1.82, 2.24) is 0 Å². The van der Waals surface area contributed by atoms with Crippen LogP contribution in [-0.4, -0.2) is 25.2 Å². The maximum atomic E-state index is 13.5. The molecule has 0 saturated carbocycles. The first-order chi connectivity index (χ1) is 9.49. The summed E-state index contributed by atoms with van der Waals surface area (Å²) in [6.07, 6.45) is 0. The number of nitrogens with zero attached hydrogens (tertiary/aromatic N) is 1. The molecular weight excluding hydrogens is 261 g/mol. The normalized spacial score (nSPS) is 10.2. The number of rotatable bonds is 4. The van der Waals surface area contributed by atoms with Gasteiger partial charge < -0.3 is 14.7 Å². The van der Waals surface area contributed by atoms with Gasteiger partial charge >= 0.3 is 5.97 Å². The second kappa shape index (κ2) is 5.61. The molecule has 20 heavy (non-hydrogen) atoms. The molecular formula is C15H14FNO3. The molecule has 104 valence electrons. The number of hydrogen-bond donors (Lipinski definition) is 1. The summed E-state index contributed by atoms with van der Waals surface area (Å²) in [6.45, 7) is 0. The minimum atomic E-state index is -1.36. The molecule has 0 aromatic heterocycles. The lowest BCUT2D eigenvalue weighted by molar-refractivity contribution is 0.0689. The lowest BCUT2D eigenvalue weighted by Gasteiger charge is -2.14. The van der Waals surface area contributed by atoms with E-state index in [0.29, 0.717) is 5.75 Å². The Bertz CT molecular complexity index is 641. The topological polar surface area (TPSA) is 49.8 Å². The maximum absolute atomic E-state index is 13.5. The molecule has 4 nitrogen and oxygen atoms in total. The van der Waals surface area contributed by atoms with Gasteiger partial charge in [-0.1, -0.05) is 12.1 Å². The Balaban J connectivity index is 2.38. The molecule has 0 radical (unpaired) electrons. The second-order valence-corrected chi connectivity index (χ2v) is 4.41. The monoisotopic (exact) mass is 275 g/mol. The largest absolute Gasteiger partial charge is 0.477 e. The number of benzene rings is 2. The number of ether oxygens (including phenoxy) is 1. The molecule has 0 bridgehead atoms. The highest BCUT2D eigenvalue weighted by atomic mass is 19.1. The third-order valence-electron chi connectivity index (χ3n) is 2.75. The van der Waals surface area contributed by atoms with Gasteiger partial charge in [0, 0.05) is 25.8 Å². The highest BCUT2D eigenvalue weighted by molar-refractivity contribution is 5.91. The van der Waals surface area contributed by atoms with E-state index in [0.717, 1.165) is 11.8 Å². The van der Waals surface area contributed by atoms with Crippen LogP contribution in [0.25, 0.3) is 0 Å². The number of anilines is 1. The molecule has 1 N–H and O–H groups in total. The molecule has 0 atom stereocenters. The number of aromatic carboxylic acids is 1. The summed E-state index contributed by atoms with van der Waals surface area (Å²) < 4.78 is 19.0. The molecule has 2 rings (SSSR count). The molecule has 0 fully saturated rings. The Morgan fingerprint density at radius 1 is 1.20 bits per heavy atom. The van der Waals surface area contributed by atoms with Crippen molar-refractivity contribution in [2.75, 3.05) is 19.0 Å². The molecule has 5 heteroatoms. The van der Waals surface area contributed by atoms with Gasteiger partial charge in [0.25, 0.3) is 0 Å². The number of carboxylic acid groups (broad SMARTS) is 1. The zero-order chi connectivity index (χ0) is 14.7. The van der Waals surface area contributed by atoms with E-state index in [-0.39, 0.29) is 5.75 Å². The van der Waals surface area contributed by atoms with Crippen molar-refractivity contribution in [3.05, 3.63) is 53.8 Å². The van der Waals surface area contributed by atoms with Gasteiger partial charge in [-0.3, -0.25) is 0 Å². The Hall–Kier alpha value is -2.56. The third-order valence-corrected chi connectivity index (χ3v) is 2.75. The summed E-state index contributed by atoms with van der Waals surface area (Å²) >= 11 is 0. The molecule has 0 saturated heterocycles. The minimum absolute atomic E-state index is 0.0200. The van der Waals surface area contributed by atoms with Gasteiger partial charge in [-0.05, 0) is 24.3 Å². The van der Waals surface area contributed by atoms with Gasteiger partial charge in [0.15, 0.2) is 0 Å². The van der Waals surface area contributed by atoms with Crippen LogP contribution < -0.4 is 9.64 Å². The summed E-state index contributed by atoms with van der Waals surface area (Å²) in [5, 5.41) is 9.04. The van der Waals surface area contributed by atoms with Gasteiger partial charge in [0.2, 0.25) is 0 Å². The van der Waals surface area contributed by atoms with Gasteiger partial charge in [-0.15, -0.1) is 0 Å². The SMILES string of the molecule is CN(C)c1cccc(Oc2cccc(F)c2C(=O)O)c1. The van der Waals surface area contributed by atoms with E-state index in [2.05, 4.69) is 0 Å². The molecule has 0 aliphatic carbocycles. The minimum Gasteiger partial charge on any atom is -0.477 e. The Morgan fingerprint density at radius 2 is 1.90 bits per heavy atom. The summed E-state index contributed by atoms with van der Waals surface area (Å²) in [4.78, 5) is 13.0. The lowest BCUT2D eigenvalue weighted by Crippen LogP contribution is -2.08. The lowest BCUT2D eigenvalue weighted by atomic mass is 10.2. The number of halogens is 1. The first-order valence-corrected chi connectivity index (χ1v) is 5.96. The second-order valence-electron chi connectivity index (χ2n) is 4.41. The Labute approximate surface area is 116 Å². The van der Waals surface area contributed by atoms with Gasteiger partial charge in [-0.2, -0.15) is 0 Å². The molecule has 0 spiro atoms. The van der Waals surface area contributed by atoms with Crippen molar-refractivity contribution < 1.29 is 19.0 Å². The predicted molar refractivity (Wildman–Crippen MR) is 74.2 cm³/mol. The van der Waals surface area contributed by atoms with Crippen LogP contribution in [0.1, 0.15) is 10.4 Å². The molecule has 0 heterocycles. The van der Waals surface area contributed by atoms with E-state index in [1.807, 2.05) is 25.1 Å². The average Bonchev–Trinajstić information content (AvgIpc) is 2.38. The van der Waals surface area contributed by atoms with Crippen LogP contribution in [-0.2, 0) is 0 Å². The van der Waals surface area contributed by atoms with Gasteiger partial charge in [-0.25, -0.2) is 9.18 Å².